The van der Waals surface area contributed by atoms with Gasteiger partial charge in [-0.15, -0.1) is 0 Å². The van der Waals surface area contributed by atoms with Gasteiger partial charge < -0.3 is 20.5 Å². The van der Waals surface area contributed by atoms with Crippen LogP contribution < -0.4 is 15.4 Å². The van der Waals surface area contributed by atoms with E-state index in [0.29, 0.717) is 28.9 Å². The van der Waals surface area contributed by atoms with Gasteiger partial charge in [-0.2, -0.15) is 10.2 Å². The van der Waals surface area contributed by atoms with Crippen LogP contribution >= 0.6 is 0 Å². The summed E-state index contributed by atoms with van der Waals surface area (Å²) in [5.41, 5.74) is 1.15. The average Bonchev–Trinajstić information content (AvgIpc) is 3.52. The Kier molecular flexibility index (Phi) is 6.55. The zero-order valence-corrected chi connectivity index (χ0v) is 21.1. The highest BCUT2D eigenvalue weighted by molar-refractivity contribution is 6.01. The van der Waals surface area contributed by atoms with E-state index in [-0.39, 0.29) is 23.9 Å². The van der Waals surface area contributed by atoms with E-state index in [2.05, 4.69) is 25.8 Å². The van der Waals surface area contributed by atoms with Crippen LogP contribution in [-0.4, -0.2) is 66.1 Å². The van der Waals surface area contributed by atoms with Crippen LogP contribution in [0.1, 0.15) is 56.3 Å². The maximum Gasteiger partial charge on any atom is 0.255 e. The van der Waals surface area contributed by atoms with Gasteiger partial charge in [-0.05, 0) is 51.2 Å². The molecule has 37 heavy (non-hydrogen) atoms. The third-order valence-corrected chi connectivity index (χ3v) is 7.15. The lowest BCUT2D eigenvalue weighted by atomic mass is 9.90. The minimum Gasteiger partial charge on any atom is -0.496 e. The maximum atomic E-state index is 13.2. The van der Waals surface area contributed by atoms with Crippen LogP contribution in [0.2, 0.25) is 0 Å². The normalized spacial score (nSPS) is 19.5. The van der Waals surface area contributed by atoms with Crippen LogP contribution in [0.5, 0.6) is 5.75 Å². The standard InChI is InChI=1S/C26H31N7O4/c1-4-26(2,36)25(35)30-18-8-6-17(7-9-18)29-24(34)19-12-16-15-33(31-20(16)13-22(19)37-3)21-14-28-32-11-5-10-27-23(21)32/h5,10-15,17-18,36H,4,6-9H2,1-3H3,(H,29,34)(H,30,35)/t17?,18?,26-/m0/s1. The Morgan fingerprint density at radius 3 is 2.62 bits per heavy atom. The smallest absolute Gasteiger partial charge is 0.255 e. The number of rotatable bonds is 7. The van der Waals surface area contributed by atoms with E-state index in [1.807, 2.05) is 12.4 Å². The number of carbonyl (C=O) groups excluding carboxylic acids is 2. The Labute approximate surface area is 213 Å². The SMILES string of the molecule is CC[C@](C)(O)C(=O)NC1CCC(NC(=O)c2cc3cn(-c4cnn5cccnc45)nc3cc2OC)CC1. The fraction of sp³-hybridized carbons (Fsp3) is 0.423. The summed E-state index contributed by atoms with van der Waals surface area (Å²) < 4.78 is 8.90. The zero-order valence-electron chi connectivity index (χ0n) is 21.1. The van der Waals surface area contributed by atoms with Crippen molar-refractivity contribution in [1.29, 1.82) is 0 Å². The van der Waals surface area contributed by atoms with Crippen molar-refractivity contribution >= 4 is 28.4 Å². The maximum absolute atomic E-state index is 13.2. The van der Waals surface area contributed by atoms with Crippen LogP contribution in [0.3, 0.4) is 0 Å². The highest BCUT2D eigenvalue weighted by atomic mass is 16.5. The Balaban J connectivity index is 1.29. The predicted octanol–water partition coefficient (Wildman–Crippen LogP) is 2.39. The van der Waals surface area contributed by atoms with E-state index in [4.69, 9.17) is 4.74 Å². The van der Waals surface area contributed by atoms with Crippen molar-refractivity contribution in [2.75, 3.05) is 7.11 Å². The highest BCUT2D eigenvalue weighted by Crippen LogP contribution is 2.28. The Hall–Kier alpha value is -3.99. The molecule has 0 aliphatic heterocycles. The van der Waals surface area contributed by atoms with Gasteiger partial charge in [-0.1, -0.05) is 6.92 Å². The first-order chi connectivity index (χ1) is 17.8. The van der Waals surface area contributed by atoms with Gasteiger partial charge in [0.15, 0.2) is 5.65 Å². The van der Waals surface area contributed by atoms with Crippen molar-refractivity contribution in [1.82, 2.24) is 35.0 Å². The molecule has 0 radical (unpaired) electrons. The van der Waals surface area contributed by atoms with Crippen molar-refractivity contribution in [3.63, 3.8) is 0 Å². The molecule has 0 unspecified atom stereocenters. The predicted molar refractivity (Wildman–Crippen MR) is 137 cm³/mol. The van der Waals surface area contributed by atoms with Gasteiger partial charge in [-0.3, -0.25) is 9.59 Å². The van der Waals surface area contributed by atoms with E-state index in [1.165, 1.54) is 14.0 Å². The van der Waals surface area contributed by atoms with E-state index in [0.717, 1.165) is 36.8 Å². The van der Waals surface area contributed by atoms with E-state index in [9.17, 15) is 14.7 Å². The second-order valence-electron chi connectivity index (χ2n) is 9.73. The molecular weight excluding hydrogens is 474 g/mol. The topological polar surface area (TPSA) is 136 Å². The molecule has 3 N–H and O–H groups in total. The van der Waals surface area contributed by atoms with Gasteiger partial charge in [0.2, 0.25) is 0 Å². The molecular formula is C26H31N7O4. The molecule has 5 rings (SSSR count). The first kappa shape index (κ1) is 24.7. The zero-order chi connectivity index (χ0) is 26.2. The van der Waals surface area contributed by atoms with Gasteiger partial charge in [0.05, 0.1) is 24.4 Å². The number of aromatic nitrogens is 5. The summed E-state index contributed by atoms with van der Waals surface area (Å²) in [5, 5.41) is 26.0. The second kappa shape index (κ2) is 9.81. The molecule has 194 valence electrons. The number of fused-ring (bicyclic) bond motifs is 2. The second-order valence-corrected chi connectivity index (χ2v) is 9.73. The molecule has 11 heteroatoms. The third-order valence-electron chi connectivity index (χ3n) is 7.15. The summed E-state index contributed by atoms with van der Waals surface area (Å²) in [7, 11) is 1.53. The summed E-state index contributed by atoms with van der Waals surface area (Å²) in [4.78, 5) is 29.9. The molecule has 4 aromatic rings. The summed E-state index contributed by atoms with van der Waals surface area (Å²) in [6.45, 7) is 3.30. The number of ether oxygens (including phenoxy) is 1. The van der Waals surface area contributed by atoms with Crippen LogP contribution in [0.15, 0.2) is 43.0 Å². The number of aliphatic hydroxyl groups is 1. The summed E-state index contributed by atoms with van der Waals surface area (Å²) in [6.07, 6.45) is 10.3. The number of benzene rings is 1. The first-order valence-corrected chi connectivity index (χ1v) is 12.5. The monoisotopic (exact) mass is 505 g/mol. The summed E-state index contributed by atoms with van der Waals surface area (Å²) in [6, 6.07) is 5.32. The quantitative estimate of drug-likeness (QED) is 0.351. The molecule has 3 aromatic heterocycles. The van der Waals surface area contributed by atoms with Crippen LogP contribution in [0.4, 0.5) is 0 Å². The molecule has 0 saturated heterocycles. The fourth-order valence-corrected chi connectivity index (χ4v) is 4.65. The van der Waals surface area contributed by atoms with Crippen molar-refractivity contribution < 1.29 is 19.4 Å². The molecule has 11 nitrogen and oxygen atoms in total. The highest BCUT2D eigenvalue weighted by Gasteiger charge is 2.31. The Morgan fingerprint density at radius 2 is 1.92 bits per heavy atom. The van der Waals surface area contributed by atoms with E-state index < -0.39 is 5.60 Å². The molecule has 1 saturated carbocycles. The number of nitrogens with one attached hydrogen (secondary N) is 2. The lowest BCUT2D eigenvalue weighted by Crippen LogP contribution is -2.50. The van der Waals surface area contributed by atoms with Crippen LogP contribution in [0.25, 0.3) is 22.2 Å². The van der Waals surface area contributed by atoms with Gasteiger partial charge in [0.25, 0.3) is 11.8 Å². The fourth-order valence-electron chi connectivity index (χ4n) is 4.65. The Bertz CT molecular complexity index is 1450. The number of carbonyl (C=O) groups is 2. The van der Waals surface area contributed by atoms with E-state index >= 15 is 0 Å². The Morgan fingerprint density at radius 1 is 1.19 bits per heavy atom. The minimum absolute atomic E-state index is 0.00943. The van der Waals surface area contributed by atoms with Crippen molar-refractivity contribution in [3.8, 4) is 11.4 Å². The molecule has 1 aromatic carbocycles. The summed E-state index contributed by atoms with van der Waals surface area (Å²) in [5.74, 6) is -0.123. The van der Waals surface area contributed by atoms with Gasteiger partial charge in [-0.25, -0.2) is 14.2 Å². The van der Waals surface area contributed by atoms with E-state index in [1.54, 1.807) is 46.7 Å². The number of amides is 2. The lowest BCUT2D eigenvalue weighted by Gasteiger charge is -2.31. The molecule has 1 fully saturated rings. The summed E-state index contributed by atoms with van der Waals surface area (Å²) >= 11 is 0. The lowest BCUT2D eigenvalue weighted by molar-refractivity contribution is -0.139. The third kappa shape index (κ3) is 4.86. The number of nitrogens with zero attached hydrogens (tertiary/aromatic N) is 5. The molecule has 2 amide bonds. The average molecular weight is 506 g/mol. The molecule has 0 bridgehead atoms. The largest absolute Gasteiger partial charge is 0.496 e. The number of hydrogen-bond acceptors (Lipinski definition) is 7. The molecule has 1 aliphatic carbocycles. The molecule has 1 aliphatic rings. The molecule has 0 spiro atoms. The first-order valence-electron chi connectivity index (χ1n) is 12.5. The van der Waals surface area contributed by atoms with Crippen molar-refractivity contribution in [2.24, 2.45) is 0 Å². The number of methoxy groups -OCH3 is 1. The van der Waals surface area contributed by atoms with Crippen molar-refractivity contribution in [3.05, 3.63) is 48.5 Å². The van der Waals surface area contributed by atoms with Crippen LogP contribution in [-0.2, 0) is 4.79 Å². The van der Waals surface area contributed by atoms with Crippen molar-refractivity contribution in [2.45, 2.75) is 63.6 Å². The van der Waals surface area contributed by atoms with Gasteiger partial charge >= 0.3 is 0 Å². The number of hydrogen-bond donors (Lipinski definition) is 3. The molecule has 3 heterocycles. The van der Waals surface area contributed by atoms with Gasteiger partial charge in [0.1, 0.15) is 17.0 Å². The minimum atomic E-state index is -1.37. The van der Waals surface area contributed by atoms with Crippen LogP contribution in [0, 0.1) is 0 Å². The molecule has 1 atom stereocenters. The van der Waals surface area contributed by atoms with Gasteiger partial charge in [0, 0.05) is 42.1 Å².